The maximum Gasteiger partial charge on any atom is 0.412 e. The van der Waals surface area contributed by atoms with Gasteiger partial charge in [0.1, 0.15) is 0 Å². The van der Waals surface area contributed by atoms with E-state index in [4.69, 9.17) is 0 Å². The molecule has 1 atom stereocenters. The quantitative estimate of drug-likeness (QED) is 0.734. The lowest BCUT2D eigenvalue weighted by Gasteiger charge is -2.42. The first-order valence-corrected chi connectivity index (χ1v) is 5.67. The van der Waals surface area contributed by atoms with Gasteiger partial charge in [0.25, 0.3) is 0 Å². The molecule has 0 aromatic rings. The lowest BCUT2D eigenvalue weighted by atomic mass is 9.92. The van der Waals surface area contributed by atoms with Gasteiger partial charge in [-0.1, -0.05) is 6.08 Å². The summed E-state index contributed by atoms with van der Waals surface area (Å²) >= 11 is 0. The molecule has 1 aliphatic carbocycles. The van der Waals surface area contributed by atoms with Crippen LogP contribution in [0.3, 0.4) is 0 Å². The van der Waals surface area contributed by atoms with Crippen LogP contribution < -0.4 is 5.32 Å². The van der Waals surface area contributed by atoms with Crippen molar-refractivity contribution in [3.8, 4) is 0 Å². The Bertz CT molecular complexity index is 281. The van der Waals surface area contributed by atoms with Crippen molar-refractivity contribution < 1.29 is 13.2 Å². The Hall–Kier alpha value is -0.550. The molecule has 1 unspecified atom stereocenters. The van der Waals surface area contributed by atoms with E-state index in [0.717, 1.165) is 19.5 Å². The number of hydrogen-bond donors (Lipinski definition) is 1. The van der Waals surface area contributed by atoms with Crippen molar-refractivity contribution in [1.82, 2.24) is 10.2 Å². The van der Waals surface area contributed by atoms with E-state index in [-0.39, 0.29) is 18.0 Å². The molecule has 1 N–H and O–H groups in total. The minimum atomic E-state index is -4.14. The van der Waals surface area contributed by atoms with Gasteiger partial charge in [-0.05, 0) is 26.3 Å². The molecule has 0 bridgehead atoms. The second-order valence-corrected chi connectivity index (χ2v) is 4.64. The fourth-order valence-electron chi connectivity index (χ4n) is 2.33. The molecule has 1 fully saturated rings. The Morgan fingerprint density at radius 2 is 2.00 bits per heavy atom. The molecule has 5 heteroatoms. The van der Waals surface area contributed by atoms with Crippen LogP contribution in [0.2, 0.25) is 0 Å². The normalized spacial score (nSPS) is 27.8. The second kappa shape index (κ2) is 4.37. The SMILES string of the molecule is CN(C1CNC1)C1CCC=C(C(F)(F)F)C1. The molecule has 2 rings (SSSR count). The third kappa shape index (κ3) is 2.40. The van der Waals surface area contributed by atoms with E-state index in [9.17, 15) is 13.2 Å². The number of rotatable bonds is 2. The van der Waals surface area contributed by atoms with Gasteiger partial charge in [-0.15, -0.1) is 0 Å². The molecule has 1 saturated heterocycles. The van der Waals surface area contributed by atoms with Gasteiger partial charge in [0.15, 0.2) is 0 Å². The summed E-state index contributed by atoms with van der Waals surface area (Å²) in [6.45, 7) is 1.80. The van der Waals surface area contributed by atoms with Crippen molar-refractivity contribution >= 4 is 0 Å². The molecular formula is C11H17F3N2. The average Bonchev–Trinajstić information content (AvgIpc) is 2.14. The molecule has 16 heavy (non-hydrogen) atoms. The fourth-order valence-corrected chi connectivity index (χ4v) is 2.33. The first-order valence-electron chi connectivity index (χ1n) is 5.67. The molecule has 1 heterocycles. The van der Waals surface area contributed by atoms with Crippen LogP contribution in [0.4, 0.5) is 13.2 Å². The van der Waals surface area contributed by atoms with Crippen LogP contribution in [0.15, 0.2) is 11.6 Å². The molecule has 92 valence electrons. The highest BCUT2D eigenvalue weighted by molar-refractivity contribution is 5.14. The smallest absolute Gasteiger partial charge is 0.314 e. The third-order valence-electron chi connectivity index (χ3n) is 3.62. The molecule has 2 nitrogen and oxygen atoms in total. The zero-order valence-electron chi connectivity index (χ0n) is 9.35. The minimum Gasteiger partial charge on any atom is -0.314 e. The summed E-state index contributed by atoms with van der Waals surface area (Å²) in [7, 11) is 1.94. The molecule has 0 spiro atoms. The van der Waals surface area contributed by atoms with Crippen LogP contribution in [0, 0.1) is 0 Å². The largest absolute Gasteiger partial charge is 0.412 e. The second-order valence-electron chi connectivity index (χ2n) is 4.64. The van der Waals surface area contributed by atoms with Gasteiger partial charge in [0.2, 0.25) is 0 Å². The van der Waals surface area contributed by atoms with Crippen LogP contribution in [0.5, 0.6) is 0 Å². The van der Waals surface area contributed by atoms with Gasteiger partial charge >= 0.3 is 6.18 Å². The topological polar surface area (TPSA) is 15.3 Å². The zero-order chi connectivity index (χ0) is 11.8. The first kappa shape index (κ1) is 11.9. The van der Waals surface area contributed by atoms with E-state index in [2.05, 4.69) is 10.2 Å². The Kier molecular flexibility index (Phi) is 3.26. The Balaban J connectivity index is 1.96. The van der Waals surface area contributed by atoms with Crippen molar-refractivity contribution in [3.05, 3.63) is 11.6 Å². The van der Waals surface area contributed by atoms with E-state index in [1.807, 2.05) is 7.05 Å². The Morgan fingerprint density at radius 1 is 1.31 bits per heavy atom. The molecule has 0 aromatic carbocycles. The summed E-state index contributed by atoms with van der Waals surface area (Å²) in [6, 6.07) is 0.464. The van der Waals surface area contributed by atoms with Crippen molar-refractivity contribution in [2.75, 3.05) is 20.1 Å². The highest BCUT2D eigenvalue weighted by atomic mass is 19.4. The molecule has 0 saturated carbocycles. The maximum absolute atomic E-state index is 12.6. The molecular weight excluding hydrogens is 217 g/mol. The van der Waals surface area contributed by atoms with Crippen LogP contribution in [0.25, 0.3) is 0 Å². The summed E-state index contributed by atoms with van der Waals surface area (Å²) < 4.78 is 37.7. The number of alkyl halides is 3. The summed E-state index contributed by atoms with van der Waals surface area (Å²) in [5.74, 6) is 0. The first-order chi connectivity index (χ1) is 7.48. The van der Waals surface area contributed by atoms with E-state index in [1.54, 1.807) is 0 Å². The standard InChI is InChI=1S/C11H17F3N2/c1-16(10-6-15-7-10)9-4-2-3-8(5-9)11(12,13)14/h3,9-10,15H,2,4-7H2,1H3. The third-order valence-corrected chi connectivity index (χ3v) is 3.62. The van der Waals surface area contributed by atoms with E-state index in [0.29, 0.717) is 12.5 Å². The molecule has 0 amide bonds. The molecule has 0 radical (unpaired) electrons. The van der Waals surface area contributed by atoms with Crippen LogP contribution in [-0.2, 0) is 0 Å². The van der Waals surface area contributed by atoms with Gasteiger partial charge in [0.05, 0.1) is 0 Å². The molecule has 0 aromatic heterocycles. The van der Waals surface area contributed by atoms with E-state index in [1.165, 1.54) is 6.08 Å². The van der Waals surface area contributed by atoms with Crippen LogP contribution >= 0.6 is 0 Å². The van der Waals surface area contributed by atoms with E-state index < -0.39 is 6.18 Å². The number of hydrogen-bond acceptors (Lipinski definition) is 2. The van der Waals surface area contributed by atoms with Crippen LogP contribution in [0.1, 0.15) is 19.3 Å². The maximum atomic E-state index is 12.6. The van der Waals surface area contributed by atoms with Crippen molar-refractivity contribution in [1.29, 1.82) is 0 Å². The molecule has 1 aliphatic heterocycles. The average molecular weight is 234 g/mol. The van der Waals surface area contributed by atoms with Crippen molar-refractivity contribution in [3.63, 3.8) is 0 Å². The summed E-state index contributed by atoms with van der Waals surface area (Å²) in [5, 5.41) is 3.14. The monoisotopic (exact) mass is 234 g/mol. The number of likely N-dealkylation sites (N-methyl/N-ethyl adjacent to an activating group) is 1. The zero-order valence-corrected chi connectivity index (χ0v) is 9.35. The number of halogens is 3. The van der Waals surface area contributed by atoms with Gasteiger partial charge < -0.3 is 5.32 Å². The van der Waals surface area contributed by atoms with Gasteiger partial charge in [0, 0.05) is 30.7 Å². The minimum absolute atomic E-state index is 0.0497. The summed E-state index contributed by atoms with van der Waals surface area (Å²) in [4.78, 5) is 2.11. The molecule has 2 aliphatic rings. The van der Waals surface area contributed by atoms with Crippen molar-refractivity contribution in [2.24, 2.45) is 0 Å². The summed E-state index contributed by atoms with van der Waals surface area (Å²) in [5.41, 5.74) is -0.345. The van der Waals surface area contributed by atoms with Crippen molar-refractivity contribution in [2.45, 2.75) is 37.5 Å². The number of allylic oxidation sites excluding steroid dienone is 1. The summed E-state index contributed by atoms with van der Waals surface area (Å²) in [6.07, 6.45) is -1.26. The van der Waals surface area contributed by atoms with Crippen LogP contribution in [-0.4, -0.2) is 43.3 Å². The highest BCUT2D eigenvalue weighted by Crippen LogP contribution is 2.35. The van der Waals surface area contributed by atoms with Gasteiger partial charge in [-0.2, -0.15) is 13.2 Å². The van der Waals surface area contributed by atoms with E-state index >= 15 is 0 Å². The Labute approximate surface area is 93.5 Å². The highest BCUT2D eigenvalue weighted by Gasteiger charge is 2.38. The number of nitrogens with zero attached hydrogens (tertiary/aromatic N) is 1. The lowest BCUT2D eigenvalue weighted by Crippen LogP contribution is -2.58. The van der Waals surface area contributed by atoms with Gasteiger partial charge in [-0.25, -0.2) is 0 Å². The Morgan fingerprint density at radius 3 is 2.50 bits per heavy atom. The predicted molar refractivity (Wildman–Crippen MR) is 56.2 cm³/mol. The fraction of sp³-hybridized carbons (Fsp3) is 0.818. The number of nitrogens with one attached hydrogen (secondary N) is 1. The lowest BCUT2D eigenvalue weighted by molar-refractivity contribution is -0.0977. The predicted octanol–water partition coefficient (Wildman–Crippen LogP) is 1.93. The van der Waals surface area contributed by atoms with Gasteiger partial charge in [-0.3, -0.25) is 4.90 Å².